The molecule has 134 valence electrons. The third-order valence-electron chi connectivity index (χ3n) is 4.78. The minimum atomic E-state index is -0.137. The Morgan fingerprint density at radius 1 is 0.800 bits per heavy atom. The second kappa shape index (κ2) is 9.71. The number of nitrogens with zero attached hydrogens (tertiary/aromatic N) is 1. The number of unbranched alkanes of at least 4 members (excludes halogenated alkanes) is 4. The van der Waals surface area contributed by atoms with E-state index in [1.807, 2.05) is 6.07 Å². The van der Waals surface area contributed by atoms with Crippen molar-refractivity contribution in [2.24, 2.45) is 0 Å². The molecular weight excluding hydrogens is 310 g/mol. The lowest BCUT2D eigenvalue weighted by atomic mass is 10.1. The van der Waals surface area contributed by atoms with Gasteiger partial charge in [0.2, 0.25) is 0 Å². The van der Waals surface area contributed by atoms with Crippen molar-refractivity contribution < 1.29 is 9.78 Å². The van der Waals surface area contributed by atoms with Gasteiger partial charge in [-0.1, -0.05) is 93.3 Å². The van der Waals surface area contributed by atoms with Crippen molar-refractivity contribution in [3.05, 3.63) is 71.8 Å². The van der Waals surface area contributed by atoms with Crippen molar-refractivity contribution in [1.29, 1.82) is 0 Å². The summed E-state index contributed by atoms with van der Waals surface area (Å²) in [6, 6.07) is 20.9. The summed E-state index contributed by atoms with van der Waals surface area (Å²) < 4.78 is 0. The zero-order chi connectivity index (χ0) is 17.3. The largest absolute Gasteiger partial charge is 0.239 e. The average molecular weight is 339 g/mol. The van der Waals surface area contributed by atoms with Crippen LogP contribution in [0.5, 0.6) is 0 Å². The van der Waals surface area contributed by atoms with Gasteiger partial charge in [0.05, 0.1) is 0 Å². The Hall–Kier alpha value is -1.68. The van der Waals surface area contributed by atoms with Crippen LogP contribution in [-0.4, -0.2) is 11.1 Å². The van der Waals surface area contributed by atoms with Crippen LogP contribution in [0.2, 0.25) is 0 Å². The summed E-state index contributed by atoms with van der Waals surface area (Å²) >= 11 is 0. The van der Waals surface area contributed by atoms with Crippen molar-refractivity contribution in [2.45, 2.75) is 64.4 Å². The fourth-order valence-corrected chi connectivity index (χ4v) is 3.36. The Morgan fingerprint density at radius 3 is 2.20 bits per heavy atom. The van der Waals surface area contributed by atoms with E-state index >= 15 is 0 Å². The van der Waals surface area contributed by atoms with E-state index in [0.717, 1.165) is 18.5 Å². The van der Waals surface area contributed by atoms with E-state index < -0.39 is 0 Å². The van der Waals surface area contributed by atoms with Crippen LogP contribution >= 0.6 is 0 Å². The van der Waals surface area contributed by atoms with E-state index in [9.17, 15) is 0 Å². The molecule has 1 aliphatic heterocycles. The molecule has 0 saturated carbocycles. The Morgan fingerprint density at radius 2 is 1.48 bits per heavy atom. The second-order valence-corrected chi connectivity index (χ2v) is 6.77. The maximum atomic E-state index is 5.74. The Bertz CT molecular complexity index is 602. The molecule has 3 nitrogen and oxygen atoms in total. The molecule has 0 spiro atoms. The third-order valence-corrected chi connectivity index (χ3v) is 4.78. The predicted octanol–water partition coefficient (Wildman–Crippen LogP) is 5.84. The van der Waals surface area contributed by atoms with Crippen molar-refractivity contribution >= 4 is 0 Å². The molecule has 1 saturated heterocycles. The zero-order valence-electron chi connectivity index (χ0n) is 15.1. The van der Waals surface area contributed by atoms with Crippen molar-refractivity contribution in [2.75, 3.05) is 0 Å². The number of hydrogen-bond acceptors (Lipinski definition) is 3. The predicted molar refractivity (Wildman–Crippen MR) is 101 cm³/mol. The molecule has 0 aromatic heterocycles. The van der Waals surface area contributed by atoms with Gasteiger partial charge in [0.25, 0.3) is 0 Å². The van der Waals surface area contributed by atoms with Gasteiger partial charge in [0, 0.05) is 6.54 Å². The first-order chi connectivity index (χ1) is 12.4. The van der Waals surface area contributed by atoms with Crippen LogP contribution in [0.1, 0.15) is 62.8 Å². The smallest absolute Gasteiger partial charge is 0.174 e. The van der Waals surface area contributed by atoms with E-state index in [0.29, 0.717) is 0 Å². The fraction of sp³-hybridized carbons (Fsp3) is 0.455. The van der Waals surface area contributed by atoms with Crippen LogP contribution < -0.4 is 0 Å². The Balaban J connectivity index is 1.66. The van der Waals surface area contributed by atoms with Gasteiger partial charge in [-0.05, 0) is 24.0 Å². The Labute approximate surface area is 151 Å². The fourth-order valence-electron chi connectivity index (χ4n) is 3.36. The molecule has 0 amide bonds. The lowest BCUT2D eigenvalue weighted by Gasteiger charge is -2.25. The molecule has 1 aliphatic rings. The lowest BCUT2D eigenvalue weighted by Crippen LogP contribution is -2.32. The van der Waals surface area contributed by atoms with Gasteiger partial charge in [-0.25, -0.2) is 14.7 Å². The third kappa shape index (κ3) is 5.15. The molecule has 0 bridgehead atoms. The molecule has 3 heteroatoms. The highest BCUT2D eigenvalue weighted by Crippen LogP contribution is 2.35. The second-order valence-electron chi connectivity index (χ2n) is 6.77. The normalized spacial score (nSPS) is 20.8. The summed E-state index contributed by atoms with van der Waals surface area (Å²) in [6.07, 6.45) is 7.25. The van der Waals surface area contributed by atoms with Crippen LogP contribution in [0, 0.1) is 0 Å². The minimum Gasteiger partial charge on any atom is -0.239 e. The molecule has 3 rings (SSSR count). The molecule has 2 aromatic rings. The summed E-state index contributed by atoms with van der Waals surface area (Å²) in [6.45, 7) is 3.08. The number of rotatable bonds is 9. The quantitative estimate of drug-likeness (QED) is 0.423. The van der Waals surface area contributed by atoms with Crippen LogP contribution in [0.15, 0.2) is 60.7 Å². The van der Waals surface area contributed by atoms with Crippen LogP contribution in [0.25, 0.3) is 0 Å². The van der Waals surface area contributed by atoms with Crippen molar-refractivity contribution in [1.82, 2.24) is 4.90 Å². The standard InChI is InChI=1S/C22H29NO2/c1-2-3-4-5-12-17-21-23(18-19-13-8-6-9-14-19)22(25-24-21)20-15-10-7-11-16-20/h6-11,13-16,21-22H,2-5,12,17-18H2,1H3/t21-,22+/m1/s1. The van der Waals surface area contributed by atoms with Gasteiger partial charge in [0.15, 0.2) is 6.23 Å². The highest BCUT2D eigenvalue weighted by atomic mass is 17.2. The average Bonchev–Trinajstić information content (AvgIpc) is 3.06. The zero-order valence-corrected chi connectivity index (χ0v) is 15.1. The first-order valence-corrected chi connectivity index (χ1v) is 9.55. The molecule has 0 unspecified atom stereocenters. The van der Waals surface area contributed by atoms with Crippen LogP contribution in [0.3, 0.4) is 0 Å². The van der Waals surface area contributed by atoms with E-state index in [-0.39, 0.29) is 12.5 Å². The molecule has 1 heterocycles. The molecule has 1 fully saturated rings. The molecule has 0 N–H and O–H groups in total. The molecule has 0 radical (unpaired) electrons. The van der Waals surface area contributed by atoms with Gasteiger partial charge >= 0.3 is 0 Å². The van der Waals surface area contributed by atoms with Gasteiger partial charge in [0.1, 0.15) is 6.23 Å². The summed E-state index contributed by atoms with van der Waals surface area (Å²) in [5.41, 5.74) is 2.43. The first-order valence-electron chi connectivity index (χ1n) is 9.55. The SMILES string of the molecule is CCCCCCC[C@H]1OO[C@@H](c2ccccc2)N1Cc1ccccc1. The summed E-state index contributed by atoms with van der Waals surface area (Å²) in [7, 11) is 0. The molecule has 0 aliphatic carbocycles. The molecule has 2 atom stereocenters. The number of benzene rings is 2. The topological polar surface area (TPSA) is 21.7 Å². The van der Waals surface area contributed by atoms with Gasteiger partial charge < -0.3 is 0 Å². The molecular formula is C22H29NO2. The monoisotopic (exact) mass is 339 g/mol. The number of hydrogen-bond donors (Lipinski definition) is 0. The lowest BCUT2D eigenvalue weighted by molar-refractivity contribution is -0.299. The first kappa shape index (κ1) is 18.1. The van der Waals surface area contributed by atoms with Gasteiger partial charge in [-0.15, -0.1) is 0 Å². The summed E-state index contributed by atoms with van der Waals surface area (Å²) in [5.74, 6) is 0. The Kier molecular flexibility index (Phi) is 7.04. The maximum Gasteiger partial charge on any atom is 0.174 e. The van der Waals surface area contributed by atoms with E-state index in [1.165, 1.54) is 37.7 Å². The summed E-state index contributed by atoms with van der Waals surface area (Å²) in [5, 5.41) is 0. The van der Waals surface area contributed by atoms with Crippen molar-refractivity contribution in [3.8, 4) is 0 Å². The van der Waals surface area contributed by atoms with Gasteiger partial charge in [-0.3, -0.25) is 0 Å². The highest BCUT2D eigenvalue weighted by molar-refractivity contribution is 5.19. The molecule has 2 aromatic carbocycles. The van der Waals surface area contributed by atoms with E-state index in [2.05, 4.69) is 66.4 Å². The van der Waals surface area contributed by atoms with Gasteiger partial charge in [-0.2, -0.15) is 0 Å². The van der Waals surface area contributed by atoms with E-state index in [4.69, 9.17) is 9.78 Å². The molecule has 25 heavy (non-hydrogen) atoms. The highest BCUT2D eigenvalue weighted by Gasteiger charge is 2.36. The van der Waals surface area contributed by atoms with Crippen molar-refractivity contribution in [3.63, 3.8) is 0 Å². The van der Waals surface area contributed by atoms with Crippen LogP contribution in [-0.2, 0) is 16.3 Å². The maximum absolute atomic E-state index is 5.74. The minimum absolute atomic E-state index is 0.0204. The van der Waals surface area contributed by atoms with E-state index in [1.54, 1.807) is 0 Å². The summed E-state index contributed by atoms with van der Waals surface area (Å²) in [4.78, 5) is 13.8. The van der Waals surface area contributed by atoms with Crippen LogP contribution in [0.4, 0.5) is 0 Å².